The number of rotatable bonds is 3. The molecule has 0 heterocycles. The van der Waals surface area contributed by atoms with E-state index >= 15 is 0 Å². The molecule has 1 aromatic carbocycles. The standard InChI is InChI=1S/C9H9NO2.ClH/c10-9(8(12)6-11)7-4-2-1-3-5-7;/h1-6,9H,10H2;1H. The Labute approximate surface area is 82.3 Å². The molecule has 0 saturated heterocycles. The molecule has 1 aromatic rings. The molecule has 13 heavy (non-hydrogen) atoms. The van der Waals surface area contributed by atoms with E-state index in [0.717, 1.165) is 0 Å². The molecular weight excluding hydrogens is 190 g/mol. The lowest BCUT2D eigenvalue weighted by Crippen LogP contribution is -2.21. The molecule has 0 bridgehead atoms. The third-order valence-corrected chi connectivity index (χ3v) is 1.58. The first kappa shape index (κ1) is 11.8. The summed E-state index contributed by atoms with van der Waals surface area (Å²) in [5.74, 6) is -0.596. The molecule has 3 nitrogen and oxygen atoms in total. The fraction of sp³-hybridized carbons (Fsp3) is 0.111. The van der Waals surface area contributed by atoms with Gasteiger partial charge in [-0.1, -0.05) is 30.3 Å². The maximum atomic E-state index is 10.8. The van der Waals surface area contributed by atoms with E-state index < -0.39 is 11.8 Å². The summed E-state index contributed by atoms with van der Waals surface area (Å²) in [4.78, 5) is 20.9. The second-order valence-corrected chi connectivity index (χ2v) is 2.41. The van der Waals surface area contributed by atoms with Crippen molar-refractivity contribution < 1.29 is 9.59 Å². The molecular formula is C9H10ClNO2. The molecule has 0 aliphatic carbocycles. The van der Waals surface area contributed by atoms with Gasteiger partial charge in [0.25, 0.3) is 0 Å². The number of benzene rings is 1. The fourth-order valence-corrected chi connectivity index (χ4v) is 0.898. The molecule has 0 saturated carbocycles. The molecule has 0 fully saturated rings. The zero-order valence-corrected chi connectivity index (χ0v) is 7.66. The molecule has 2 N–H and O–H groups in total. The number of halogens is 1. The molecule has 4 heteroatoms. The van der Waals surface area contributed by atoms with Crippen LogP contribution in [0.4, 0.5) is 0 Å². The summed E-state index contributed by atoms with van der Waals surface area (Å²) in [6.07, 6.45) is 0.248. The quantitative estimate of drug-likeness (QED) is 0.581. The average molecular weight is 200 g/mol. The Morgan fingerprint density at radius 1 is 1.31 bits per heavy atom. The van der Waals surface area contributed by atoms with Gasteiger partial charge in [-0.3, -0.25) is 9.59 Å². The van der Waals surface area contributed by atoms with Crippen molar-refractivity contribution in [3.8, 4) is 0 Å². The fourth-order valence-electron chi connectivity index (χ4n) is 0.898. The molecule has 0 aliphatic heterocycles. The predicted molar refractivity (Wildman–Crippen MR) is 51.7 cm³/mol. The van der Waals surface area contributed by atoms with E-state index in [0.29, 0.717) is 5.56 Å². The van der Waals surface area contributed by atoms with Crippen molar-refractivity contribution >= 4 is 24.5 Å². The normalized spacial score (nSPS) is 11.2. The van der Waals surface area contributed by atoms with E-state index in [9.17, 15) is 9.59 Å². The lowest BCUT2D eigenvalue weighted by atomic mass is 10.1. The summed E-state index contributed by atoms with van der Waals surface area (Å²) in [6.45, 7) is 0. The van der Waals surface area contributed by atoms with Crippen LogP contribution in [0.15, 0.2) is 30.3 Å². The van der Waals surface area contributed by atoms with Crippen molar-refractivity contribution in [2.75, 3.05) is 0 Å². The average Bonchev–Trinajstić information content (AvgIpc) is 2.17. The SMILES string of the molecule is Cl.NC(C(=O)C=O)c1ccccc1. The maximum absolute atomic E-state index is 10.8. The van der Waals surface area contributed by atoms with Crippen LogP contribution in [0.25, 0.3) is 0 Å². The van der Waals surface area contributed by atoms with Crippen LogP contribution in [0.3, 0.4) is 0 Å². The van der Waals surface area contributed by atoms with Crippen molar-refractivity contribution in [2.24, 2.45) is 5.73 Å². The van der Waals surface area contributed by atoms with Gasteiger partial charge >= 0.3 is 0 Å². The second-order valence-electron chi connectivity index (χ2n) is 2.41. The largest absolute Gasteiger partial charge is 0.317 e. The molecule has 1 unspecified atom stereocenters. The monoisotopic (exact) mass is 199 g/mol. The van der Waals surface area contributed by atoms with Gasteiger partial charge in [0.15, 0.2) is 6.29 Å². The highest BCUT2D eigenvalue weighted by Gasteiger charge is 2.13. The van der Waals surface area contributed by atoms with E-state index in [2.05, 4.69) is 0 Å². The van der Waals surface area contributed by atoms with Crippen LogP contribution in [0.2, 0.25) is 0 Å². The second kappa shape index (κ2) is 5.45. The first-order valence-corrected chi connectivity index (χ1v) is 3.55. The number of carbonyl (C=O) groups excluding carboxylic acids is 2. The number of carbonyl (C=O) groups is 2. The molecule has 1 atom stereocenters. The third-order valence-electron chi connectivity index (χ3n) is 1.58. The van der Waals surface area contributed by atoms with Crippen LogP contribution in [0.1, 0.15) is 11.6 Å². The molecule has 0 amide bonds. The van der Waals surface area contributed by atoms with Gasteiger partial charge in [-0.2, -0.15) is 0 Å². The van der Waals surface area contributed by atoms with Gasteiger partial charge in [-0.25, -0.2) is 0 Å². The molecule has 70 valence electrons. The minimum Gasteiger partial charge on any atom is -0.317 e. The number of Topliss-reactive ketones (excluding diaryl/α,β-unsaturated/α-hetero) is 1. The van der Waals surface area contributed by atoms with Gasteiger partial charge in [-0.15, -0.1) is 12.4 Å². The molecule has 0 radical (unpaired) electrons. The van der Waals surface area contributed by atoms with Crippen molar-refractivity contribution in [3.05, 3.63) is 35.9 Å². The first-order chi connectivity index (χ1) is 5.75. The van der Waals surface area contributed by atoms with Crippen LogP contribution < -0.4 is 5.73 Å². The highest BCUT2D eigenvalue weighted by atomic mass is 35.5. The van der Waals surface area contributed by atoms with Crippen LogP contribution in [-0.4, -0.2) is 12.1 Å². The Bertz CT molecular complexity index is 287. The minimum atomic E-state index is -0.816. The Morgan fingerprint density at radius 2 is 1.85 bits per heavy atom. The lowest BCUT2D eigenvalue weighted by molar-refractivity contribution is -0.130. The number of ketones is 1. The predicted octanol–water partition coefficient (Wildman–Crippen LogP) is 0.876. The van der Waals surface area contributed by atoms with Crippen LogP contribution in [0, 0.1) is 0 Å². The van der Waals surface area contributed by atoms with E-state index in [1.807, 2.05) is 6.07 Å². The van der Waals surface area contributed by atoms with Gasteiger partial charge in [0.1, 0.15) is 0 Å². The Balaban J connectivity index is 0.00000144. The van der Waals surface area contributed by atoms with Gasteiger partial charge < -0.3 is 5.73 Å². The molecule has 1 rings (SSSR count). The van der Waals surface area contributed by atoms with Gasteiger partial charge in [0, 0.05) is 0 Å². The zero-order chi connectivity index (χ0) is 8.97. The van der Waals surface area contributed by atoms with E-state index in [-0.39, 0.29) is 18.7 Å². The highest BCUT2D eigenvalue weighted by Crippen LogP contribution is 2.08. The van der Waals surface area contributed by atoms with Crippen molar-refractivity contribution in [2.45, 2.75) is 6.04 Å². The summed E-state index contributed by atoms with van der Waals surface area (Å²) in [5, 5.41) is 0. The summed E-state index contributed by atoms with van der Waals surface area (Å²) in [5.41, 5.74) is 6.13. The first-order valence-electron chi connectivity index (χ1n) is 3.55. The Hall–Kier alpha value is -1.19. The topological polar surface area (TPSA) is 60.2 Å². The number of aldehydes is 1. The summed E-state index contributed by atoms with van der Waals surface area (Å²) in [6, 6.07) is 7.98. The Morgan fingerprint density at radius 3 is 2.31 bits per heavy atom. The summed E-state index contributed by atoms with van der Waals surface area (Å²) in [7, 11) is 0. The van der Waals surface area contributed by atoms with Gasteiger partial charge in [0.2, 0.25) is 5.78 Å². The molecule has 0 aromatic heterocycles. The highest BCUT2D eigenvalue weighted by molar-refractivity contribution is 6.27. The smallest absolute Gasteiger partial charge is 0.216 e. The van der Waals surface area contributed by atoms with Crippen LogP contribution in [0.5, 0.6) is 0 Å². The zero-order valence-electron chi connectivity index (χ0n) is 6.84. The van der Waals surface area contributed by atoms with Crippen molar-refractivity contribution in [1.82, 2.24) is 0 Å². The molecule has 0 spiro atoms. The van der Waals surface area contributed by atoms with Gasteiger partial charge in [-0.05, 0) is 5.56 Å². The minimum absolute atomic E-state index is 0. The van der Waals surface area contributed by atoms with Crippen molar-refractivity contribution in [3.63, 3.8) is 0 Å². The molecule has 0 aliphatic rings. The summed E-state index contributed by atoms with van der Waals surface area (Å²) < 4.78 is 0. The number of hydrogen-bond donors (Lipinski definition) is 1. The number of hydrogen-bond acceptors (Lipinski definition) is 3. The van der Waals surface area contributed by atoms with E-state index in [1.165, 1.54) is 0 Å². The number of nitrogens with two attached hydrogens (primary N) is 1. The maximum Gasteiger partial charge on any atom is 0.216 e. The van der Waals surface area contributed by atoms with Gasteiger partial charge in [0.05, 0.1) is 6.04 Å². The lowest BCUT2D eigenvalue weighted by Gasteiger charge is -2.05. The third kappa shape index (κ3) is 2.97. The summed E-state index contributed by atoms with van der Waals surface area (Å²) >= 11 is 0. The van der Waals surface area contributed by atoms with Crippen molar-refractivity contribution in [1.29, 1.82) is 0 Å². The Kier molecular flexibility index (Phi) is 4.96. The van der Waals surface area contributed by atoms with Crippen LogP contribution >= 0.6 is 12.4 Å². The van der Waals surface area contributed by atoms with E-state index in [4.69, 9.17) is 5.73 Å². The van der Waals surface area contributed by atoms with Crippen LogP contribution in [-0.2, 0) is 9.59 Å². The van der Waals surface area contributed by atoms with E-state index in [1.54, 1.807) is 24.3 Å².